The summed E-state index contributed by atoms with van der Waals surface area (Å²) in [7, 11) is 0.124. The van der Waals surface area contributed by atoms with Crippen LogP contribution in [0, 0.1) is 0 Å². The second-order valence-electron chi connectivity index (χ2n) is 5.27. The normalized spacial score (nSPS) is 11.9. The van der Waals surface area contributed by atoms with E-state index in [2.05, 4.69) is 0 Å². The van der Waals surface area contributed by atoms with Crippen LogP contribution in [0.1, 0.15) is 15.9 Å². The lowest BCUT2D eigenvalue weighted by Gasteiger charge is -2.14. The highest BCUT2D eigenvalue weighted by Gasteiger charge is 2.22. The fourth-order valence-corrected chi connectivity index (χ4v) is 4.51. The summed E-state index contributed by atoms with van der Waals surface area (Å²) < 4.78 is 18.0. The number of carbonyl (C=O) groups is 1. The number of hydrogen-bond acceptors (Lipinski definition) is 4. The highest BCUT2D eigenvalue weighted by Crippen LogP contribution is 2.38. The Morgan fingerprint density at radius 1 is 1.12 bits per heavy atom. The van der Waals surface area contributed by atoms with E-state index in [1.54, 1.807) is 18.2 Å². The number of rotatable bonds is 6. The Labute approximate surface area is 152 Å². The molecular weight excluding hydrogens is 356 g/mol. The smallest absolute Gasteiger partial charge is 0.339 e. The average Bonchev–Trinajstić information content (AvgIpc) is 3.16. The number of carboxylic acids is 1. The van der Waals surface area contributed by atoms with Gasteiger partial charge in [-0.2, -0.15) is 0 Å². The molecule has 1 N–H and O–H groups in total. The summed E-state index contributed by atoms with van der Waals surface area (Å²) in [4.78, 5) is 13.5. The Balaban J connectivity index is 2.05. The predicted octanol–water partition coefficient (Wildman–Crippen LogP) is 4.43. The van der Waals surface area contributed by atoms with Gasteiger partial charge in [0.05, 0.1) is 23.7 Å². The second-order valence-corrected chi connectivity index (χ2v) is 7.66. The third-order valence-corrected chi connectivity index (χ3v) is 6.02. The van der Waals surface area contributed by atoms with Crippen LogP contribution in [0.3, 0.4) is 0 Å². The number of benzene rings is 2. The first-order valence-electron chi connectivity index (χ1n) is 7.52. The zero-order valence-corrected chi connectivity index (χ0v) is 15.1. The van der Waals surface area contributed by atoms with Crippen LogP contribution < -0.4 is 4.74 Å². The number of aromatic carboxylic acids is 1. The van der Waals surface area contributed by atoms with E-state index in [-0.39, 0.29) is 11.3 Å². The van der Waals surface area contributed by atoms with Crippen molar-refractivity contribution in [1.82, 2.24) is 0 Å². The van der Waals surface area contributed by atoms with Crippen molar-refractivity contribution in [1.29, 1.82) is 0 Å². The van der Waals surface area contributed by atoms with Gasteiger partial charge in [0.2, 0.25) is 0 Å². The Morgan fingerprint density at radius 2 is 1.88 bits per heavy atom. The van der Waals surface area contributed by atoms with E-state index in [0.29, 0.717) is 16.2 Å². The minimum atomic E-state index is -1.33. The van der Waals surface area contributed by atoms with Crippen LogP contribution in [0.5, 0.6) is 5.75 Å². The van der Waals surface area contributed by atoms with Crippen molar-refractivity contribution in [2.75, 3.05) is 7.11 Å². The summed E-state index contributed by atoms with van der Waals surface area (Å²) in [5.41, 5.74) is 1.29. The highest BCUT2D eigenvalue weighted by molar-refractivity contribution is 7.84. The molecule has 2 aromatic carbocycles. The molecule has 0 saturated heterocycles. The van der Waals surface area contributed by atoms with E-state index in [4.69, 9.17) is 4.74 Å². The van der Waals surface area contributed by atoms with Crippen LogP contribution in [0.2, 0.25) is 0 Å². The molecule has 1 atom stereocenters. The molecule has 25 heavy (non-hydrogen) atoms. The number of ether oxygens (including phenoxy) is 1. The molecule has 1 unspecified atom stereocenters. The molecule has 4 nitrogen and oxygen atoms in total. The van der Waals surface area contributed by atoms with E-state index in [1.807, 2.05) is 41.8 Å². The fraction of sp³-hybridized carbons (Fsp3) is 0.105. The Bertz CT molecular complexity index is 903. The summed E-state index contributed by atoms with van der Waals surface area (Å²) >= 11 is 1.51. The zero-order chi connectivity index (χ0) is 17.8. The van der Waals surface area contributed by atoms with Gasteiger partial charge in [-0.25, -0.2) is 4.79 Å². The predicted molar refractivity (Wildman–Crippen MR) is 99.8 cm³/mol. The summed E-state index contributed by atoms with van der Waals surface area (Å²) in [6, 6.07) is 16.4. The molecule has 0 bridgehead atoms. The van der Waals surface area contributed by atoms with Gasteiger partial charge in [-0.15, -0.1) is 11.3 Å². The SMILES string of the molecule is COc1c(-c2cccs2)ccc(CS(=O)c2ccccc2)c1C(=O)O. The molecular formula is C19H16O4S2. The van der Waals surface area contributed by atoms with E-state index < -0.39 is 16.8 Å². The van der Waals surface area contributed by atoms with E-state index in [0.717, 1.165) is 10.4 Å². The van der Waals surface area contributed by atoms with Gasteiger partial charge in [0.25, 0.3) is 0 Å². The van der Waals surface area contributed by atoms with Crippen molar-refractivity contribution >= 4 is 28.1 Å². The summed E-state index contributed by atoms with van der Waals surface area (Å²) in [5.74, 6) is -0.667. The Morgan fingerprint density at radius 3 is 2.48 bits per heavy atom. The Hall–Kier alpha value is -2.44. The molecule has 0 aliphatic rings. The van der Waals surface area contributed by atoms with Gasteiger partial charge in [0.15, 0.2) is 0 Å². The monoisotopic (exact) mass is 372 g/mol. The second kappa shape index (κ2) is 7.63. The summed E-state index contributed by atoms with van der Waals surface area (Å²) in [6.45, 7) is 0. The maximum Gasteiger partial charge on any atom is 0.339 e. The van der Waals surface area contributed by atoms with Crippen molar-refractivity contribution in [3.8, 4) is 16.2 Å². The van der Waals surface area contributed by atoms with Crippen LogP contribution in [0.15, 0.2) is 64.9 Å². The van der Waals surface area contributed by atoms with Gasteiger partial charge in [-0.3, -0.25) is 4.21 Å². The van der Waals surface area contributed by atoms with Crippen LogP contribution in [0.4, 0.5) is 0 Å². The number of hydrogen-bond donors (Lipinski definition) is 1. The van der Waals surface area contributed by atoms with Gasteiger partial charge < -0.3 is 9.84 Å². The molecule has 1 aromatic heterocycles. The quantitative estimate of drug-likeness (QED) is 0.695. The summed E-state index contributed by atoms with van der Waals surface area (Å²) in [6.07, 6.45) is 0. The molecule has 0 amide bonds. The molecule has 0 aliphatic heterocycles. The molecule has 3 aromatic rings. The maximum absolute atomic E-state index is 12.6. The topological polar surface area (TPSA) is 63.6 Å². The molecule has 0 spiro atoms. The van der Waals surface area contributed by atoms with Crippen molar-refractivity contribution in [3.63, 3.8) is 0 Å². The van der Waals surface area contributed by atoms with Gasteiger partial charge in [-0.05, 0) is 35.2 Å². The first kappa shape index (κ1) is 17.4. The molecule has 128 valence electrons. The largest absolute Gasteiger partial charge is 0.495 e. The highest BCUT2D eigenvalue weighted by atomic mass is 32.2. The molecule has 6 heteroatoms. The average molecular weight is 372 g/mol. The zero-order valence-electron chi connectivity index (χ0n) is 13.5. The van der Waals surface area contributed by atoms with Gasteiger partial charge in [0, 0.05) is 15.3 Å². The van der Waals surface area contributed by atoms with Gasteiger partial charge >= 0.3 is 5.97 Å². The van der Waals surface area contributed by atoms with E-state index in [1.165, 1.54) is 18.4 Å². The maximum atomic E-state index is 12.6. The number of carboxylic acid groups (broad SMARTS) is 1. The summed E-state index contributed by atoms with van der Waals surface area (Å²) in [5, 5.41) is 11.6. The number of thiophene rings is 1. The Kier molecular flexibility index (Phi) is 5.31. The van der Waals surface area contributed by atoms with Crippen LogP contribution in [-0.4, -0.2) is 22.4 Å². The van der Waals surface area contributed by atoms with Crippen molar-refractivity contribution in [3.05, 3.63) is 71.1 Å². The van der Waals surface area contributed by atoms with Crippen LogP contribution in [0.25, 0.3) is 10.4 Å². The molecule has 3 rings (SSSR count). The van der Waals surface area contributed by atoms with Gasteiger partial charge in [0.1, 0.15) is 11.3 Å². The number of methoxy groups -OCH3 is 1. The molecule has 0 aliphatic carbocycles. The first-order chi connectivity index (χ1) is 12.1. The fourth-order valence-electron chi connectivity index (χ4n) is 2.61. The van der Waals surface area contributed by atoms with Crippen molar-refractivity contribution < 1.29 is 18.8 Å². The lowest BCUT2D eigenvalue weighted by molar-refractivity contribution is 0.0692. The van der Waals surface area contributed by atoms with Crippen LogP contribution >= 0.6 is 11.3 Å². The first-order valence-corrected chi connectivity index (χ1v) is 9.72. The minimum absolute atomic E-state index is 0.0673. The molecule has 0 saturated carbocycles. The third kappa shape index (κ3) is 3.65. The minimum Gasteiger partial charge on any atom is -0.495 e. The molecule has 0 fully saturated rings. The third-order valence-electron chi connectivity index (χ3n) is 3.74. The molecule has 0 radical (unpaired) electrons. The van der Waals surface area contributed by atoms with E-state index in [9.17, 15) is 14.1 Å². The molecule has 1 heterocycles. The lowest BCUT2D eigenvalue weighted by Crippen LogP contribution is -2.09. The van der Waals surface area contributed by atoms with Gasteiger partial charge in [-0.1, -0.05) is 30.3 Å². The van der Waals surface area contributed by atoms with Crippen molar-refractivity contribution in [2.24, 2.45) is 0 Å². The van der Waals surface area contributed by atoms with Crippen molar-refractivity contribution in [2.45, 2.75) is 10.6 Å². The van der Waals surface area contributed by atoms with E-state index >= 15 is 0 Å². The van der Waals surface area contributed by atoms with Crippen LogP contribution in [-0.2, 0) is 16.6 Å². The lowest BCUT2D eigenvalue weighted by atomic mass is 10.0. The standard InChI is InChI=1S/C19H16O4S2/c1-23-18-15(16-8-5-11-24-16)10-9-13(17(18)19(20)21)12-25(22)14-6-3-2-4-7-14/h2-11H,12H2,1H3,(H,20,21).